The third kappa shape index (κ3) is 4.17. The predicted octanol–water partition coefficient (Wildman–Crippen LogP) is 5.24. The van der Waals surface area contributed by atoms with Gasteiger partial charge in [0.25, 0.3) is 0 Å². The molecule has 4 aromatic rings. The van der Waals surface area contributed by atoms with E-state index < -0.39 is 0 Å². The molecular formula is C21H18BrN5O2S. The van der Waals surface area contributed by atoms with Gasteiger partial charge in [-0.3, -0.25) is 4.57 Å². The van der Waals surface area contributed by atoms with Crippen LogP contribution in [0.4, 0.5) is 0 Å². The first kappa shape index (κ1) is 20.4. The number of methoxy groups -OCH3 is 1. The summed E-state index contributed by atoms with van der Waals surface area (Å²) in [6.45, 7) is 4.42. The van der Waals surface area contributed by atoms with Crippen LogP contribution in [0.5, 0.6) is 5.75 Å². The molecule has 0 saturated heterocycles. The van der Waals surface area contributed by atoms with Crippen molar-refractivity contribution in [1.29, 1.82) is 0 Å². The number of rotatable bonds is 8. The van der Waals surface area contributed by atoms with Crippen molar-refractivity contribution in [1.82, 2.24) is 25.0 Å². The molecule has 2 heterocycles. The van der Waals surface area contributed by atoms with Crippen molar-refractivity contribution in [2.45, 2.75) is 17.5 Å². The van der Waals surface area contributed by atoms with E-state index in [1.807, 2.05) is 59.2 Å². The van der Waals surface area contributed by atoms with E-state index in [4.69, 9.17) is 9.15 Å². The largest absolute Gasteiger partial charge is 0.496 e. The molecule has 2 aromatic heterocycles. The minimum atomic E-state index is 0.471. The molecule has 0 spiro atoms. The maximum atomic E-state index is 5.83. The topological polar surface area (TPSA) is 78.9 Å². The van der Waals surface area contributed by atoms with Crippen molar-refractivity contribution in [3.05, 3.63) is 71.5 Å². The highest BCUT2D eigenvalue weighted by Gasteiger charge is 2.18. The number of allylic oxidation sites excluding steroid dienone is 1. The summed E-state index contributed by atoms with van der Waals surface area (Å²) < 4.78 is 14.2. The summed E-state index contributed by atoms with van der Waals surface area (Å²) in [4.78, 5) is 0. The Morgan fingerprint density at radius 3 is 2.60 bits per heavy atom. The van der Waals surface area contributed by atoms with Crippen LogP contribution in [0, 0.1) is 0 Å². The second-order valence-electron chi connectivity index (χ2n) is 6.18. The lowest BCUT2D eigenvalue weighted by molar-refractivity contribution is 0.416. The molecule has 4 rings (SSSR count). The Hall–Kier alpha value is -2.91. The van der Waals surface area contributed by atoms with E-state index in [9.17, 15) is 0 Å². The number of ether oxygens (including phenoxy) is 1. The van der Waals surface area contributed by atoms with E-state index in [0.29, 0.717) is 29.9 Å². The Labute approximate surface area is 186 Å². The molecule has 9 heteroatoms. The highest BCUT2D eigenvalue weighted by molar-refractivity contribution is 9.10. The molecule has 7 nitrogen and oxygen atoms in total. The number of hydrogen-bond donors (Lipinski definition) is 0. The summed E-state index contributed by atoms with van der Waals surface area (Å²) in [5.74, 6) is 2.91. The fraction of sp³-hybridized carbons (Fsp3) is 0.143. The third-order valence-corrected chi connectivity index (χ3v) is 5.92. The normalized spacial score (nSPS) is 10.9. The zero-order valence-electron chi connectivity index (χ0n) is 16.2. The van der Waals surface area contributed by atoms with E-state index in [0.717, 1.165) is 26.5 Å². The third-order valence-electron chi connectivity index (χ3n) is 4.27. The fourth-order valence-electron chi connectivity index (χ4n) is 2.90. The molecule has 0 atom stereocenters. The van der Waals surface area contributed by atoms with Crippen molar-refractivity contribution in [2.24, 2.45) is 0 Å². The van der Waals surface area contributed by atoms with Crippen molar-refractivity contribution in [2.75, 3.05) is 7.11 Å². The number of benzene rings is 2. The van der Waals surface area contributed by atoms with Crippen LogP contribution in [-0.4, -0.2) is 32.1 Å². The Kier molecular flexibility index (Phi) is 6.29. The van der Waals surface area contributed by atoms with Crippen molar-refractivity contribution in [3.8, 4) is 28.6 Å². The molecule has 0 saturated carbocycles. The molecule has 2 aromatic carbocycles. The van der Waals surface area contributed by atoms with Gasteiger partial charge < -0.3 is 9.15 Å². The lowest BCUT2D eigenvalue weighted by Gasteiger charge is -2.10. The second kappa shape index (κ2) is 9.27. The molecule has 0 bridgehead atoms. The average molecular weight is 484 g/mol. The van der Waals surface area contributed by atoms with Gasteiger partial charge in [0.2, 0.25) is 11.8 Å². The quantitative estimate of drug-likeness (QED) is 0.250. The van der Waals surface area contributed by atoms with Crippen LogP contribution in [-0.2, 0) is 12.3 Å². The van der Waals surface area contributed by atoms with Crippen molar-refractivity contribution < 1.29 is 9.15 Å². The Morgan fingerprint density at radius 2 is 1.83 bits per heavy atom. The SMILES string of the molecule is C=CCn1c(SCc2nnc(-c3ccccc3Br)o2)nnc1-c1ccccc1OC. The van der Waals surface area contributed by atoms with Gasteiger partial charge in [0, 0.05) is 11.0 Å². The summed E-state index contributed by atoms with van der Waals surface area (Å²) in [5, 5.41) is 17.8. The monoisotopic (exact) mass is 483 g/mol. The van der Waals surface area contributed by atoms with Gasteiger partial charge in [-0.25, -0.2) is 0 Å². The van der Waals surface area contributed by atoms with Crippen LogP contribution in [0.1, 0.15) is 5.89 Å². The molecular weight excluding hydrogens is 466 g/mol. The number of para-hydroxylation sites is 1. The number of aromatic nitrogens is 5. The molecule has 0 aliphatic rings. The number of thioether (sulfide) groups is 1. The molecule has 0 aliphatic carbocycles. The van der Waals surface area contributed by atoms with Gasteiger partial charge >= 0.3 is 0 Å². The summed E-state index contributed by atoms with van der Waals surface area (Å²) >= 11 is 4.98. The summed E-state index contributed by atoms with van der Waals surface area (Å²) in [5.41, 5.74) is 1.73. The number of hydrogen-bond acceptors (Lipinski definition) is 7. The molecule has 0 fully saturated rings. The predicted molar refractivity (Wildman–Crippen MR) is 119 cm³/mol. The van der Waals surface area contributed by atoms with E-state index in [1.54, 1.807) is 7.11 Å². The molecule has 0 radical (unpaired) electrons. The lowest BCUT2D eigenvalue weighted by Crippen LogP contribution is -2.01. The molecule has 0 unspecified atom stereocenters. The van der Waals surface area contributed by atoms with E-state index in [2.05, 4.69) is 42.9 Å². The summed E-state index contributed by atoms with van der Waals surface area (Å²) in [7, 11) is 1.64. The molecule has 0 N–H and O–H groups in total. The lowest BCUT2D eigenvalue weighted by atomic mass is 10.2. The number of halogens is 1. The van der Waals surface area contributed by atoms with Gasteiger partial charge in [-0.15, -0.1) is 27.0 Å². The van der Waals surface area contributed by atoms with Crippen LogP contribution in [0.2, 0.25) is 0 Å². The minimum absolute atomic E-state index is 0.471. The highest BCUT2D eigenvalue weighted by atomic mass is 79.9. The maximum absolute atomic E-state index is 5.83. The van der Waals surface area contributed by atoms with E-state index >= 15 is 0 Å². The van der Waals surface area contributed by atoms with Gasteiger partial charge in [0.1, 0.15) is 5.75 Å². The molecule has 0 aliphatic heterocycles. The van der Waals surface area contributed by atoms with Crippen molar-refractivity contribution in [3.63, 3.8) is 0 Å². The first-order valence-corrected chi connectivity index (χ1v) is 10.9. The smallest absolute Gasteiger partial charge is 0.248 e. The minimum Gasteiger partial charge on any atom is -0.496 e. The van der Waals surface area contributed by atoms with Crippen LogP contribution in [0.15, 0.2) is 75.2 Å². The summed E-state index contributed by atoms with van der Waals surface area (Å²) in [6.07, 6.45) is 1.81. The molecule has 0 amide bonds. The zero-order valence-corrected chi connectivity index (χ0v) is 18.6. The Bertz CT molecular complexity index is 1170. The van der Waals surface area contributed by atoms with Gasteiger partial charge in [-0.2, -0.15) is 0 Å². The highest BCUT2D eigenvalue weighted by Crippen LogP contribution is 2.32. The van der Waals surface area contributed by atoms with Gasteiger partial charge in [-0.1, -0.05) is 42.1 Å². The van der Waals surface area contributed by atoms with Crippen LogP contribution in [0.3, 0.4) is 0 Å². The first-order valence-electron chi connectivity index (χ1n) is 9.09. The fourth-order valence-corrected chi connectivity index (χ4v) is 4.14. The summed E-state index contributed by atoms with van der Waals surface area (Å²) in [6, 6.07) is 15.4. The van der Waals surface area contributed by atoms with Gasteiger partial charge in [0.05, 0.1) is 24.0 Å². The Balaban J connectivity index is 1.57. The van der Waals surface area contributed by atoms with Crippen LogP contribution < -0.4 is 4.74 Å². The maximum Gasteiger partial charge on any atom is 0.248 e. The van der Waals surface area contributed by atoms with Crippen LogP contribution in [0.25, 0.3) is 22.8 Å². The van der Waals surface area contributed by atoms with E-state index in [-0.39, 0.29) is 0 Å². The van der Waals surface area contributed by atoms with Gasteiger partial charge in [-0.05, 0) is 40.2 Å². The zero-order chi connectivity index (χ0) is 20.9. The van der Waals surface area contributed by atoms with Gasteiger partial charge in [0.15, 0.2) is 11.0 Å². The number of nitrogens with zero attached hydrogens (tertiary/aromatic N) is 5. The molecule has 30 heavy (non-hydrogen) atoms. The van der Waals surface area contributed by atoms with Crippen molar-refractivity contribution >= 4 is 27.7 Å². The second-order valence-corrected chi connectivity index (χ2v) is 7.97. The van der Waals surface area contributed by atoms with Crippen LogP contribution >= 0.6 is 27.7 Å². The van der Waals surface area contributed by atoms with E-state index in [1.165, 1.54) is 11.8 Å². The standard InChI is InChI=1S/C21H18BrN5O2S/c1-3-12-27-19(15-9-5-7-11-17(15)28-2)24-26-21(27)30-13-18-23-25-20(29-18)14-8-4-6-10-16(14)22/h3-11H,1,12-13H2,2H3. The molecule has 152 valence electrons. The average Bonchev–Trinajstić information content (AvgIpc) is 3.40. The Morgan fingerprint density at radius 1 is 1.07 bits per heavy atom. The first-order chi connectivity index (χ1) is 14.7.